The van der Waals surface area contributed by atoms with Crippen molar-refractivity contribution in [2.24, 2.45) is 11.8 Å². The van der Waals surface area contributed by atoms with Gasteiger partial charge in [0, 0.05) is 12.0 Å². The lowest BCUT2D eigenvalue weighted by atomic mass is 9.74. The van der Waals surface area contributed by atoms with Gasteiger partial charge in [-0.25, -0.2) is 0 Å². The molecule has 2 saturated heterocycles. The van der Waals surface area contributed by atoms with Crippen LogP contribution in [0.1, 0.15) is 53.9 Å². The van der Waals surface area contributed by atoms with Crippen LogP contribution in [-0.2, 0) is 4.74 Å². The van der Waals surface area contributed by atoms with Gasteiger partial charge in [0.15, 0.2) is 0 Å². The minimum absolute atomic E-state index is 0.0206. The lowest BCUT2D eigenvalue weighted by Crippen LogP contribution is -2.50. The van der Waals surface area contributed by atoms with Crippen LogP contribution in [0.2, 0.25) is 0 Å². The Kier molecular flexibility index (Phi) is 3.09. The first-order chi connectivity index (χ1) is 7.32. The van der Waals surface area contributed by atoms with E-state index in [0.29, 0.717) is 12.0 Å². The Hall–Kier alpha value is -0.0800. The summed E-state index contributed by atoms with van der Waals surface area (Å²) in [4.78, 5) is 0. The van der Waals surface area contributed by atoms with Crippen molar-refractivity contribution >= 4 is 0 Å². The molecule has 2 fully saturated rings. The van der Waals surface area contributed by atoms with Crippen LogP contribution in [0.4, 0.5) is 0 Å². The maximum Gasteiger partial charge on any atom is 0.0677 e. The highest BCUT2D eigenvalue weighted by Crippen LogP contribution is 2.45. The van der Waals surface area contributed by atoms with Crippen LogP contribution >= 0.6 is 0 Å². The summed E-state index contributed by atoms with van der Waals surface area (Å²) in [7, 11) is 0. The Labute approximate surface area is 100 Å². The molecule has 2 heteroatoms. The molecule has 0 radical (unpaired) electrons. The van der Waals surface area contributed by atoms with E-state index in [1.165, 1.54) is 25.8 Å². The Morgan fingerprint density at radius 1 is 1.19 bits per heavy atom. The lowest BCUT2D eigenvalue weighted by molar-refractivity contribution is -0.0802. The Bertz CT molecular complexity index is 259. The molecule has 0 bridgehead atoms. The van der Waals surface area contributed by atoms with Crippen LogP contribution in [0.5, 0.6) is 0 Å². The van der Waals surface area contributed by atoms with E-state index in [1.54, 1.807) is 0 Å². The molecule has 2 aliphatic rings. The van der Waals surface area contributed by atoms with Gasteiger partial charge in [0.1, 0.15) is 0 Å². The van der Waals surface area contributed by atoms with Gasteiger partial charge in [-0.3, -0.25) is 0 Å². The first-order valence-electron chi connectivity index (χ1n) is 6.75. The maximum absolute atomic E-state index is 6.21. The number of piperidine rings is 1. The van der Waals surface area contributed by atoms with Crippen LogP contribution in [0.3, 0.4) is 0 Å². The van der Waals surface area contributed by atoms with E-state index >= 15 is 0 Å². The molecule has 0 saturated carbocycles. The summed E-state index contributed by atoms with van der Waals surface area (Å²) >= 11 is 0. The molecule has 0 aliphatic carbocycles. The van der Waals surface area contributed by atoms with E-state index < -0.39 is 0 Å². The molecule has 16 heavy (non-hydrogen) atoms. The van der Waals surface area contributed by atoms with Gasteiger partial charge in [-0.05, 0) is 59.4 Å². The lowest BCUT2D eigenvalue weighted by Gasteiger charge is -2.39. The third-order valence-corrected chi connectivity index (χ3v) is 4.41. The molecular formula is C14H27NO. The zero-order valence-corrected chi connectivity index (χ0v) is 11.5. The zero-order valence-electron chi connectivity index (χ0n) is 11.5. The van der Waals surface area contributed by atoms with E-state index in [-0.39, 0.29) is 11.2 Å². The van der Waals surface area contributed by atoms with Gasteiger partial charge in [0.25, 0.3) is 0 Å². The summed E-state index contributed by atoms with van der Waals surface area (Å²) in [5.41, 5.74) is 0.0692. The topological polar surface area (TPSA) is 21.3 Å². The standard InChI is InChI=1S/C14H27NO/c1-10-7-6-8-15-12(10)11-9-13(2,3)16-14(11,4)5/h10-12,15H,6-9H2,1-5H3. The Morgan fingerprint density at radius 3 is 2.38 bits per heavy atom. The largest absolute Gasteiger partial charge is 0.369 e. The summed E-state index contributed by atoms with van der Waals surface area (Å²) in [5, 5.41) is 3.72. The van der Waals surface area contributed by atoms with Crippen molar-refractivity contribution in [3.63, 3.8) is 0 Å². The maximum atomic E-state index is 6.21. The third kappa shape index (κ3) is 2.28. The SMILES string of the molecule is CC1CCCNC1C1CC(C)(C)OC1(C)C. The van der Waals surface area contributed by atoms with Gasteiger partial charge in [0.2, 0.25) is 0 Å². The van der Waals surface area contributed by atoms with Gasteiger partial charge in [-0.2, -0.15) is 0 Å². The van der Waals surface area contributed by atoms with Crippen molar-refractivity contribution in [3.05, 3.63) is 0 Å². The summed E-state index contributed by atoms with van der Waals surface area (Å²) in [6.07, 6.45) is 3.88. The monoisotopic (exact) mass is 225 g/mol. The Balaban J connectivity index is 2.13. The minimum atomic E-state index is 0.0206. The molecular weight excluding hydrogens is 198 g/mol. The van der Waals surface area contributed by atoms with Crippen molar-refractivity contribution in [1.29, 1.82) is 0 Å². The third-order valence-electron chi connectivity index (χ3n) is 4.41. The molecule has 2 rings (SSSR count). The summed E-state index contributed by atoms with van der Waals surface area (Å²) < 4.78 is 6.21. The van der Waals surface area contributed by atoms with Crippen LogP contribution in [0.15, 0.2) is 0 Å². The van der Waals surface area contributed by atoms with Crippen molar-refractivity contribution in [1.82, 2.24) is 5.32 Å². The number of hydrogen-bond donors (Lipinski definition) is 1. The molecule has 2 nitrogen and oxygen atoms in total. The van der Waals surface area contributed by atoms with Crippen LogP contribution in [-0.4, -0.2) is 23.8 Å². The molecule has 2 heterocycles. The molecule has 1 N–H and O–H groups in total. The first-order valence-corrected chi connectivity index (χ1v) is 6.75. The minimum Gasteiger partial charge on any atom is -0.369 e. The smallest absolute Gasteiger partial charge is 0.0677 e. The van der Waals surface area contributed by atoms with E-state index in [4.69, 9.17) is 4.74 Å². The molecule has 0 amide bonds. The van der Waals surface area contributed by atoms with Crippen LogP contribution in [0, 0.1) is 11.8 Å². The van der Waals surface area contributed by atoms with Crippen molar-refractivity contribution in [3.8, 4) is 0 Å². The van der Waals surface area contributed by atoms with E-state index in [1.807, 2.05) is 0 Å². The molecule has 94 valence electrons. The second-order valence-electron chi connectivity index (χ2n) is 6.88. The fourth-order valence-electron chi connectivity index (χ4n) is 3.78. The van der Waals surface area contributed by atoms with Gasteiger partial charge in [-0.15, -0.1) is 0 Å². The Morgan fingerprint density at radius 2 is 1.88 bits per heavy atom. The first kappa shape index (κ1) is 12.4. The average Bonchev–Trinajstić information content (AvgIpc) is 2.35. The average molecular weight is 225 g/mol. The predicted octanol–water partition coefficient (Wildman–Crippen LogP) is 2.97. The molecule has 0 aromatic rings. The fourth-order valence-corrected chi connectivity index (χ4v) is 3.78. The van der Waals surface area contributed by atoms with Crippen molar-refractivity contribution in [2.75, 3.05) is 6.54 Å². The summed E-state index contributed by atoms with van der Waals surface area (Å²) in [5.74, 6) is 1.44. The second kappa shape index (κ2) is 3.99. The molecule has 3 unspecified atom stereocenters. The number of nitrogens with one attached hydrogen (secondary N) is 1. The summed E-state index contributed by atoms with van der Waals surface area (Å²) in [6.45, 7) is 12.5. The van der Waals surface area contributed by atoms with Crippen LogP contribution in [0.25, 0.3) is 0 Å². The van der Waals surface area contributed by atoms with Gasteiger partial charge in [0.05, 0.1) is 11.2 Å². The highest BCUT2D eigenvalue weighted by atomic mass is 16.5. The van der Waals surface area contributed by atoms with Gasteiger partial charge < -0.3 is 10.1 Å². The van der Waals surface area contributed by atoms with Crippen LogP contribution < -0.4 is 5.32 Å². The highest BCUT2D eigenvalue weighted by Gasteiger charge is 2.50. The van der Waals surface area contributed by atoms with E-state index in [0.717, 1.165) is 5.92 Å². The fraction of sp³-hybridized carbons (Fsp3) is 1.00. The zero-order chi connectivity index (χ0) is 12.0. The number of hydrogen-bond acceptors (Lipinski definition) is 2. The predicted molar refractivity (Wildman–Crippen MR) is 67.5 cm³/mol. The number of ether oxygens (including phenoxy) is 1. The number of rotatable bonds is 1. The quantitative estimate of drug-likeness (QED) is 0.741. The molecule has 2 aliphatic heterocycles. The van der Waals surface area contributed by atoms with Gasteiger partial charge >= 0.3 is 0 Å². The second-order valence-corrected chi connectivity index (χ2v) is 6.88. The summed E-state index contributed by atoms with van der Waals surface area (Å²) in [6, 6.07) is 0.644. The van der Waals surface area contributed by atoms with Crippen molar-refractivity contribution in [2.45, 2.75) is 71.1 Å². The molecule has 0 spiro atoms. The molecule has 3 atom stereocenters. The van der Waals surface area contributed by atoms with E-state index in [2.05, 4.69) is 39.9 Å². The highest BCUT2D eigenvalue weighted by molar-refractivity contribution is 5.01. The van der Waals surface area contributed by atoms with Gasteiger partial charge in [-0.1, -0.05) is 6.92 Å². The molecule has 0 aromatic heterocycles. The van der Waals surface area contributed by atoms with E-state index in [9.17, 15) is 0 Å². The van der Waals surface area contributed by atoms with Crippen molar-refractivity contribution < 1.29 is 4.74 Å². The normalized spacial score (nSPS) is 42.2. The molecule has 0 aromatic carbocycles.